The highest BCUT2D eigenvalue weighted by molar-refractivity contribution is 6.95. The molecule has 2 aliphatic rings. The third-order valence-corrected chi connectivity index (χ3v) is 17.2. The number of nitrogens with zero attached hydrogens (tertiary/aromatic N) is 2. The molecule has 4 rings (SSSR count). The average Bonchev–Trinajstić information content (AvgIpc) is 2.98. The smallest absolute Gasteiger partial charge is 0.333 e. The van der Waals surface area contributed by atoms with E-state index in [2.05, 4.69) is 42.6 Å². The van der Waals surface area contributed by atoms with Crippen LogP contribution in [0.3, 0.4) is 0 Å². The number of amides is 1. The first-order valence-electron chi connectivity index (χ1n) is 11.0. The molecule has 3 atom stereocenters. The summed E-state index contributed by atoms with van der Waals surface area (Å²) in [6.07, 6.45) is 0. The topological polar surface area (TPSA) is 49.9 Å². The molecule has 31 heavy (non-hydrogen) atoms. The van der Waals surface area contributed by atoms with E-state index in [-0.39, 0.29) is 18.0 Å². The second kappa shape index (κ2) is 8.04. The van der Waals surface area contributed by atoms with E-state index in [0.717, 1.165) is 11.1 Å². The number of benzene rings is 2. The molecule has 2 aliphatic heterocycles. The summed E-state index contributed by atoms with van der Waals surface area (Å²) in [5.41, 5.74) is 1.87. The average molecular weight is 453 g/mol. The van der Waals surface area contributed by atoms with Crippen molar-refractivity contribution in [3.8, 4) is 0 Å². The fourth-order valence-electron chi connectivity index (χ4n) is 5.61. The SMILES string of the molecule is COC(=O)[C@@H](c1ccccc1)N1C(=O)[C@@H](N2[Si](C)(C)CC[Si]2(C)C)[C@@H]1c1ccccc1. The van der Waals surface area contributed by atoms with Gasteiger partial charge in [0.2, 0.25) is 5.91 Å². The molecule has 0 unspecified atom stereocenters. The van der Waals surface area contributed by atoms with Crippen molar-refractivity contribution in [1.29, 1.82) is 0 Å². The molecule has 2 fully saturated rings. The van der Waals surface area contributed by atoms with Gasteiger partial charge in [-0.3, -0.25) is 4.79 Å². The number of β-lactam (4-membered cyclic amide) rings is 1. The van der Waals surface area contributed by atoms with Gasteiger partial charge in [-0.15, -0.1) is 0 Å². The second-order valence-electron chi connectivity index (χ2n) is 9.88. The molecule has 0 radical (unpaired) electrons. The molecule has 0 saturated carbocycles. The number of esters is 1. The van der Waals surface area contributed by atoms with Crippen LogP contribution in [0.15, 0.2) is 60.7 Å². The normalized spacial score (nSPS) is 25.7. The van der Waals surface area contributed by atoms with Crippen LogP contribution >= 0.6 is 0 Å². The molecule has 0 N–H and O–H groups in total. The molecule has 2 saturated heterocycles. The van der Waals surface area contributed by atoms with Crippen LogP contribution in [0, 0.1) is 0 Å². The van der Waals surface area contributed by atoms with Crippen molar-refractivity contribution in [3.63, 3.8) is 0 Å². The zero-order chi connectivity index (χ0) is 22.4. The third-order valence-electron chi connectivity index (χ3n) is 7.00. The first-order valence-corrected chi connectivity index (χ1v) is 17.3. The summed E-state index contributed by atoms with van der Waals surface area (Å²) < 4.78 is 7.83. The molecule has 5 nitrogen and oxygen atoms in total. The quantitative estimate of drug-likeness (QED) is 0.379. The number of rotatable bonds is 5. The Morgan fingerprint density at radius 3 is 1.94 bits per heavy atom. The maximum absolute atomic E-state index is 13.9. The van der Waals surface area contributed by atoms with E-state index in [1.807, 2.05) is 48.5 Å². The van der Waals surface area contributed by atoms with Gasteiger partial charge in [-0.25, -0.2) is 4.79 Å². The Kier molecular flexibility index (Phi) is 5.70. The first kappa shape index (κ1) is 22.0. The van der Waals surface area contributed by atoms with Crippen molar-refractivity contribution in [3.05, 3.63) is 71.8 Å². The van der Waals surface area contributed by atoms with Gasteiger partial charge in [-0.1, -0.05) is 86.9 Å². The van der Waals surface area contributed by atoms with Crippen molar-refractivity contribution >= 4 is 28.3 Å². The van der Waals surface area contributed by atoms with Gasteiger partial charge >= 0.3 is 5.97 Å². The molecule has 1 amide bonds. The molecule has 2 heterocycles. The molecule has 0 aliphatic carbocycles. The summed E-state index contributed by atoms with van der Waals surface area (Å²) in [4.78, 5) is 28.6. The van der Waals surface area contributed by atoms with Crippen molar-refractivity contribution < 1.29 is 14.3 Å². The maximum atomic E-state index is 13.9. The minimum Gasteiger partial charge on any atom is -0.467 e. The molecule has 0 bridgehead atoms. The molecule has 0 spiro atoms. The van der Waals surface area contributed by atoms with Gasteiger partial charge in [-0.05, 0) is 23.2 Å². The Bertz CT molecular complexity index is 949. The van der Waals surface area contributed by atoms with Gasteiger partial charge in [0.1, 0.15) is 22.5 Å². The van der Waals surface area contributed by atoms with Crippen molar-refractivity contribution in [2.75, 3.05) is 7.11 Å². The Morgan fingerprint density at radius 1 is 0.903 bits per heavy atom. The highest BCUT2D eigenvalue weighted by Crippen LogP contribution is 2.50. The van der Waals surface area contributed by atoms with E-state index >= 15 is 0 Å². The summed E-state index contributed by atoms with van der Waals surface area (Å²) in [7, 11) is -2.01. The van der Waals surface area contributed by atoms with E-state index in [0.29, 0.717) is 0 Å². The van der Waals surface area contributed by atoms with E-state index in [1.165, 1.54) is 19.2 Å². The van der Waals surface area contributed by atoms with E-state index in [9.17, 15) is 9.59 Å². The molecule has 164 valence electrons. The minimum absolute atomic E-state index is 0.0520. The molecule has 2 aromatic rings. The van der Waals surface area contributed by atoms with Gasteiger partial charge in [0.05, 0.1) is 13.2 Å². The van der Waals surface area contributed by atoms with E-state index in [1.54, 1.807) is 4.90 Å². The van der Waals surface area contributed by atoms with Crippen molar-refractivity contribution in [1.82, 2.24) is 9.13 Å². The summed E-state index contributed by atoms with van der Waals surface area (Å²) in [5.74, 6) is -0.343. The lowest BCUT2D eigenvalue weighted by molar-refractivity contribution is -0.170. The highest BCUT2D eigenvalue weighted by atomic mass is 28.4. The van der Waals surface area contributed by atoms with Gasteiger partial charge in [0, 0.05) is 0 Å². The lowest BCUT2D eigenvalue weighted by Crippen LogP contribution is -2.74. The number of carbonyl (C=O) groups excluding carboxylic acids is 2. The lowest BCUT2D eigenvalue weighted by atomic mass is 9.85. The van der Waals surface area contributed by atoms with E-state index < -0.39 is 28.5 Å². The number of hydrogen-bond acceptors (Lipinski definition) is 4. The van der Waals surface area contributed by atoms with Crippen LogP contribution in [0.4, 0.5) is 0 Å². The number of methoxy groups -OCH3 is 1. The summed E-state index contributed by atoms with van der Waals surface area (Å²) in [6, 6.07) is 21.1. The summed E-state index contributed by atoms with van der Waals surface area (Å²) in [5, 5.41) is 0. The Hall–Kier alpha value is -2.23. The zero-order valence-electron chi connectivity index (χ0n) is 19.0. The third kappa shape index (κ3) is 3.68. The van der Waals surface area contributed by atoms with Crippen LogP contribution in [0.1, 0.15) is 23.2 Å². The van der Waals surface area contributed by atoms with Crippen LogP contribution in [0.5, 0.6) is 0 Å². The molecule has 2 aromatic carbocycles. The van der Waals surface area contributed by atoms with Crippen LogP contribution in [0.2, 0.25) is 38.3 Å². The molecular weight excluding hydrogens is 420 g/mol. The van der Waals surface area contributed by atoms with Gasteiger partial charge < -0.3 is 13.9 Å². The maximum Gasteiger partial charge on any atom is 0.333 e. The number of carbonyl (C=O) groups is 2. The molecular formula is C24H32N2O3Si2. The van der Waals surface area contributed by atoms with Gasteiger partial charge in [0.25, 0.3) is 0 Å². The van der Waals surface area contributed by atoms with Crippen molar-refractivity contribution in [2.24, 2.45) is 0 Å². The van der Waals surface area contributed by atoms with Crippen molar-refractivity contribution in [2.45, 2.75) is 56.4 Å². The fraction of sp³-hybridized carbons (Fsp3) is 0.417. The monoisotopic (exact) mass is 452 g/mol. The standard InChI is InChI=1S/C24H32N2O3Si2/c1-29-24(28)21(19-14-10-7-11-15-19)25-20(18-12-8-6-9-13-18)22(23(25)27)26-30(2,3)16-17-31(26,4)5/h6-15,20-22H,16-17H2,1-5H3/t20-,21+,22-/m0/s1. The number of ether oxygens (including phenoxy) is 1. The fourth-order valence-corrected chi connectivity index (χ4v) is 20.2. The van der Waals surface area contributed by atoms with Crippen LogP contribution in [0.25, 0.3) is 0 Å². The second-order valence-corrected chi connectivity index (χ2v) is 19.5. The minimum atomic E-state index is -1.70. The Morgan fingerprint density at radius 2 is 1.42 bits per heavy atom. The predicted octanol–water partition coefficient (Wildman–Crippen LogP) is 4.58. The largest absolute Gasteiger partial charge is 0.467 e. The highest BCUT2D eigenvalue weighted by Gasteiger charge is 2.62. The van der Waals surface area contributed by atoms with Crippen LogP contribution < -0.4 is 0 Å². The van der Waals surface area contributed by atoms with E-state index in [4.69, 9.17) is 4.74 Å². The first-order chi connectivity index (χ1) is 14.7. The predicted molar refractivity (Wildman–Crippen MR) is 127 cm³/mol. The van der Waals surface area contributed by atoms with Crippen LogP contribution in [-0.2, 0) is 14.3 Å². The zero-order valence-corrected chi connectivity index (χ0v) is 21.0. The number of likely N-dealkylation sites (tertiary alicyclic amines) is 1. The summed E-state index contributed by atoms with van der Waals surface area (Å²) >= 11 is 0. The summed E-state index contributed by atoms with van der Waals surface area (Å²) in [6.45, 7) is 9.56. The molecule has 0 aromatic heterocycles. The van der Waals surface area contributed by atoms with Gasteiger partial charge in [-0.2, -0.15) is 0 Å². The molecule has 7 heteroatoms. The Labute approximate surface area is 187 Å². The van der Waals surface area contributed by atoms with Gasteiger partial charge in [0.15, 0.2) is 6.04 Å². The number of hydrogen-bond donors (Lipinski definition) is 0. The Balaban J connectivity index is 1.82. The van der Waals surface area contributed by atoms with Crippen LogP contribution in [-0.4, -0.2) is 50.6 Å². The lowest BCUT2D eigenvalue weighted by Gasteiger charge is -2.58.